The summed E-state index contributed by atoms with van der Waals surface area (Å²) in [5, 5.41) is 19.0. The molecule has 1 aromatic carbocycles. The first kappa shape index (κ1) is 16.8. The topological polar surface area (TPSA) is 137 Å². The predicted molar refractivity (Wildman–Crippen MR) is 89.3 cm³/mol. The molecule has 27 heavy (non-hydrogen) atoms. The number of methoxy groups -OCH3 is 1. The normalized spacial score (nSPS) is 17.1. The summed E-state index contributed by atoms with van der Waals surface area (Å²) in [6.07, 6.45) is 0. The van der Waals surface area contributed by atoms with Crippen molar-refractivity contribution in [3.63, 3.8) is 0 Å². The highest BCUT2D eigenvalue weighted by Crippen LogP contribution is 2.47. The third-order valence-electron chi connectivity index (χ3n) is 4.30. The predicted octanol–water partition coefficient (Wildman–Crippen LogP) is 1.09. The van der Waals surface area contributed by atoms with Crippen molar-refractivity contribution < 1.29 is 28.5 Å². The fraction of sp³-hybridized carbons (Fsp3) is 0.222. The molecule has 0 spiro atoms. The van der Waals surface area contributed by atoms with E-state index in [1.165, 1.54) is 7.11 Å². The Hall–Kier alpha value is -3.64. The lowest BCUT2D eigenvalue weighted by Crippen LogP contribution is -2.25. The van der Waals surface area contributed by atoms with E-state index in [0.717, 1.165) is 6.07 Å². The molecule has 0 saturated heterocycles. The van der Waals surface area contributed by atoms with Gasteiger partial charge in [0, 0.05) is 6.07 Å². The van der Waals surface area contributed by atoms with E-state index in [9.17, 15) is 15.2 Å². The molecule has 3 N–H and O–H groups in total. The van der Waals surface area contributed by atoms with Crippen LogP contribution in [0.25, 0.3) is 0 Å². The Kier molecular flexibility index (Phi) is 3.90. The summed E-state index contributed by atoms with van der Waals surface area (Å²) in [6.45, 7) is -0.451. The molecule has 9 heteroatoms. The van der Waals surface area contributed by atoms with Crippen LogP contribution in [0.3, 0.4) is 0 Å². The minimum atomic E-state index is -0.846. The minimum Gasteiger partial charge on any atom is -0.493 e. The zero-order chi connectivity index (χ0) is 19.1. The Bertz CT molecular complexity index is 1060. The Balaban J connectivity index is 1.98. The van der Waals surface area contributed by atoms with Gasteiger partial charge in [0.25, 0.3) is 0 Å². The van der Waals surface area contributed by atoms with Gasteiger partial charge in [-0.3, -0.25) is 4.79 Å². The van der Waals surface area contributed by atoms with Crippen molar-refractivity contribution in [3.05, 3.63) is 57.0 Å². The quantitative estimate of drug-likeness (QED) is 0.813. The van der Waals surface area contributed by atoms with Crippen LogP contribution in [0.15, 0.2) is 38.9 Å². The summed E-state index contributed by atoms with van der Waals surface area (Å²) >= 11 is 0. The molecule has 138 valence electrons. The maximum absolute atomic E-state index is 12.3. The first-order valence-electron chi connectivity index (χ1n) is 7.90. The van der Waals surface area contributed by atoms with Crippen LogP contribution in [0.1, 0.15) is 23.0 Å². The molecule has 1 atom stereocenters. The number of nitrogens with two attached hydrogens (primary N) is 1. The highest BCUT2D eigenvalue weighted by molar-refractivity contribution is 5.60. The average molecular weight is 370 g/mol. The molecule has 0 radical (unpaired) electrons. The van der Waals surface area contributed by atoms with Gasteiger partial charge in [-0.25, -0.2) is 0 Å². The molecule has 1 aromatic heterocycles. The highest BCUT2D eigenvalue weighted by atomic mass is 16.7. The van der Waals surface area contributed by atoms with Crippen molar-refractivity contribution in [1.82, 2.24) is 0 Å². The lowest BCUT2D eigenvalue weighted by Gasteiger charge is -2.25. The van der Waals surface area contributed by atoms with Gasteiger partial charge in [0.2, 0.25) is 29.6 Å². The van der Waals surface area contributed by atoms with E-state index < -0.39 is 18.0 Å². The number of fused-ring (bicyclic) bond motifs is 2. The van der Waals surface area contributed by atoms with Gasteiger partial charge in [-0.15, -0.1) is 0 Å². The number of rotatable bonds is 3. The van der Waals surface area contributed by atoms with Crippen LogP contribution in [0.2, 0.25) is 0 Å². The number of nitriles is 1. The second kappa shape index (κ2) is 6.26. The molecular weight excluding hydrogens is 356 g/mol. The monoisotopic (exact) mass is 370 g/mol. The van der Waals surface area contributed by atoms with Crippen LogP contribution >= 0.6 is 0 Å². The molecule has 1 unspecified atom stereocenters. The summed E-state index contributed by atoms with van der Waals surface area (Å²) in [6, 6.07) is 6.41. The molecule has 0 saturated carbocycles. The van der Waals surface area contributed by atoms with Gasteiger partial charge in [-0.1, -0.05) is 0 Å². The molecule has 2 aromatic rings. The molecular formula is C18H14N2O7. The van der Waals surface area contributed by atoms with E-state index in [1.54, 1.807) is 12.1 Å². The van der Waals surface area contributed by atoms with Crippen LogP contribution < -0.4 is 30.1 Å². The van der Waals surface area contributed by atoms with Gasteiger partial charge in [-0.05, 0) is 17.7 Å². The first-order chi connectivity index (χ1) is 13.1. The van der Waals surface area contributed by atoms with E-state index in [1.807, 2.05) is 6.07 Å². The molecule has 4 rings (SSSR count). The summed E-state index contributed by atoms with van der Waals surface area (Å²) in [4.78, 5) is 12.3. The number of aliphatic hydroxyl groups is 1. The third-order valence-corrected chi connectivity index (χ3v) is 4.30. The van der Waals surface area contributed by atoms with Gasteiger partial charge in [-0.2, -0.15) is 5.26 Å². The summed E-state index contributed by atoms with van der Waals surface area (Å²) in [5.74, 6) is 0.187. The van der Waals surface area contributed by atoms with Gasteiger partial charge < -0.3 is 34.2 Å². The third kappa shape index (κ3) is 2.54. The van der Waals surface area contributed by atoms with Gasteiger partial charge in [0.15, 0.2) is 17.3 Å². The number of allylic oxidation sites excluding steroid dienone is 1. The second-order valence-corrected chi connectivity index (χ2v) is 5.81. The summed E-state index contributed by atoms with van der Waals surface area (Å²) in [5.41, 5.74) is 5.94. The van der Waals surface area contributed by atoms with Crippen LogP contribution in [0.4, 0.5) is 0 Å². The summed E-state index contributed by atoms with van der Waals surface area (Å²) < 4.78 is 27.1. The fourth-order valence-electron chi connectivity index (χ4n) is 3.11. The van der Waals surface area contributed by atoms with E-state index in [2.05, 4.69) is 0 Å². The SMILES string of the molecule is COc1cc(C2C(C#N)=C(N)Oc3c2oc(CO)cc3=O)cc2c1OCO2. The largest absolute Gasteiger partial charge is 0.493 e. The molecule has 9 nitrogen and oxygen atoms in total. The van der Waals surface area contributed by atoms with Crippen molar-refractivity contribution in [2.75, 3.05) is 13.9 Å². The molecule has 3 heterocycles. The van der Waals surface area contributed by atoms with Crippen molar-refractivity contribution in [1.29, 1.82) is 5.26 Å². The lowest BCUT2D eigenvalue weighted by atomic mass is 9.87. The van der Waals surface area contributed by atoms with Crippen LogP contribution in [-0.4, -0.2) is 19.0 Å². The van der Waals surface area contributed by atoms with Crippen molar-refractivity contribution >= 4 is 0 Å². The lowest BCUT2D eigenvalue weighted by molar-refractivity contribution is 0.171. The molecule has 0 bridgehead atoms. The van der Waals surface area contributed by atoms with Crippen molar-refractivity contribution in [2.24, 2.45) is 5.73 Å². The van der Waals surface area contributed by atoms with E-state index in [0.29, 0.717) is 22.8 Å². The Morgan fingerprint density at radius 1 is 1.33 bits per heavy atom. The Labute approximate surface area is 152 Å². The first-order valence-corrected chi connectivity index (χ1v) is 7.90. The molecule has 0 amide bonds. The maximum Gasteiger partial charge on any atom is 0.231 e. The van der Waals surface area contributed by atoms with E-state index in [4.69, 9.17) is 29.1 Å². The summed E-state index contributed by atoms with van der Waals surface area (Å²) in [7, 11) is 1.47. The number of ether oxygens (including phenoxy) is 4. The number of hydrogen-bond donors (Lipinski definition) is 2. The second-order valence-electron chi connectivity index (χ2n) is 5.81. The zero-order valence-corrected chi connectivity index (χ0v) is 14.1. The van der Waals surface area contributed by atoms with Crippen LogP contribution in [-0.2, 0) is 6.61 Å². The van der Waals surface area contributed by atoms with Crippen molar-refractivity contribution in [3.8, 4) is 29.1 Å². The smallest absolute Gasteiger partial charge is 0.231 e. The molecule has 2 aliphatic heterocycles. The zero-order valence-electron chi connectivity index (χ0n) is 14.1. The molecule has 0 fully saturated rings. The van der Waals surface area contributed by atoms with Crippen molar-refractivity contribution in [2.45, 2.75) is 12.5 Å². The number of nitrogens with zero attached hydrogens (tertiary/aromatic N) is 1. The average Bonchev–Trinajstić information content (AvgIpc) is 3.15. The standard InChI is InChI=1S/C18H14N2O7/c1-23-12-2-8(3-13-16(12)25-7-24-13)14-10(5-19)18(20)27-15-11(22)4-9(6-21)26-17(14)15/h2-4,14,21H,6-7,20H2,1H3. The van der Waals surface area contributed by atoms with Crippen LogP contribution in [0.5, 0.6) is 23.0 Å². The van der Waals surface area contributed by atoms with Crippen LogP contribution in [0, 0.1) is 11.3 Å². The van der Waals surface area contributed by atoms with E-state index in [-0.39, 0.29) is 35.5 Å². The van der Waals surface area contributed by atoms with Gasteiger partial charge >= 0.3 is 0 Å². The number of benzene rings is 1. The fourth-order valence-corrected chi connectivity index (χ4v) is 3.11. The molecule has 2 aliphatic rings. The molecule has 0 aliphatic carbocycles. The Morgan fingerprint density at radius 2 is 2.15 bits per heavy atom. The van der Waals surface area contributed by atoms with Gasteiger partial charge in [0.05, 0.1) is 13.0 Å². The van der Waals surface area contributed by atoms with Gasteiger partial charge in [0.1, 0.15) is 24.0 Å². The van der Waals surface area contributed by atoms with E-state index >= 15 is 0 Å². The number of hydrogen-bond acceptors (Lipinski definition) is 9. The Morgan fingerprint density at radius 3 is 2.85 bits per heavy atom. The maximum atomic E-state index is 12.3. The minimum absolute atomic E-state index is 0.0341. The highest BCUT2D eigenvalue weighted by Gasteiger charge is 2.36. The number of aliphatic hydroxyl groups excluding tert-OH is 1.